The smallest absolute Gasteiger partial charge is 0.407 e. The zero-order valence-corrected chi connectivity index (χ0v) is 13.2. The van der Waals surface area contributed by atoms with E-state index < -0.39 is 5.60 Å². The molecule has 1 aliphatic heterocycles. The van der Waals surface area contributed by atoms with Crippen LogP contribution in [0.15, 0.2) is 12.4 Å². The van der Waals surface area contributed by atoms with Gasteiger partial charge in [0.15, 0.2) is 0 Å². The predicted octanol–water partition coefficient (Wildman–Crippen LogP) is 2.28. The molecule has 0 radical (unpaired) electrons. The molecule has 0 bridgehead atoms. The summed E-state index contributed by atoms with van der Waals surface area (Å²) in [4.78, 5) is 22.7. The molecule has 1 aromatic rings. The van der Waals surface area contributed by atoms with Crippen molar-refractivity contribution in [1.29, 1.82) is 0 Å². The minimum absolute atomic E-state index is 0.0787. The number of rotatable bonds is 2. The lowest BCUT2D eigenvalue weighted by molar-refractivity contribution is 0.0500. The molecule has 2 heterocycles. The number of hydrogen-bond acceptors (Lipinski definition) is 5. The standard InChI is InChI=1S/C15H24N4O2/c1-11-13(17-8-7-16-11)19-9-5-6-12(10-19)18-14(20)21-15(2,3)4/h7-8,12H,5-6,9-10H2,1-4H3,(H,18,20). The Morgan fingerprint density at radius 1 is 1.38 bits per heavy atom. The Labute approximate surface area is 125 Å². The highest BCUT2D eigenvalue weighted by atomic mass is 16.6. The van der Waals surface area contributed by atoms with Crippen molar-refractivity contribution >= 4 is 11.9 Å². The maximum Gasteiger partial charge on any atom is 0.407 e. The van der Waals surface area contributed by atoms with Gasteiger partial charge in [-0.25, -0.2) is 9.78 Å². The van der Waals surface area contributed by atoms with Crippen LogP contribution in [0.25, 0.3) is 0 Å². The van der Waals surface area contributed by atoms with Gasteiger partial charge in [0.2, 0.25) is 0 Å². The number of aromatic nitrogens is 2. The number of piperidine rings is 1. The lowest BCUT2D eigenvalue weighted by Crippen LogP contribution is -2.49. The van der Waals surface area contributed by atoms with E-state index in [1.54, 1.807) is 12.4 Å². The van der Waals surface area contributed by atoms with Gasteiger partial charge in [-0.1, -0.05) is 0 Å². The second-order valence-electron chi connectivity index (χ2n) is 6.40. The molecule has 6 heteroatoms. The zero-order valence-electron chi connectivity index (χ0n) is 13.2. The Balaban J connectivity index is 1.95. The first kappa shape index (κ1) is 15.5. The van der Waals surface area contributed by atoms with Crippen LogP contribution >= 0.6 is 0 Å². The summed E-state index contributed by atoms with van der Waals surface area (Å²) in [6.45, 7) is 9.21. The highest BCUT2D eigenvalue weighted by molar-refractivity contribution is 5.68. The average Bonchev–Trinajstić information content (AvgIpc) is 2.37. The van der Waals surface area contributed by atoms with Gasteiger partial charge in [0, 0.05) is 31.5 Å². The number of ether oxygens (including phenoxy) is 1. The number of carbonyl (C=O) groups excluding carboxylic acids is 1. The van der Waals surface area contributed by atoms with Crippen molar-refractivity contribution in [2.75, 3.05) is 18.0 Å². The van der Waals surface area contributed by atoms with Gasteiger partial charge in [-0.3, -0.25) is 4.98 Å². The Bertz CT molecular complexity index is 499. The van der Waals surface area contributed by atoms with Gasteiger partial charge in [-0.05, 0) is 40.5 Å². The van der Waals surface area contributed by atoms with Crippen LogP contribution in [0.4, 0.5) is 10.6 Å². The van der Waals surface area contributed by atoms with E-state index in [0.29, 0.717) is 0 Å². The summed E-state index contributed by atoms with van der Waals surface area (Å²) in [6, 6.07) is 0.0787. The second-order valence-corrected chi connectivity index (χ2v) is 6.40. The Kier molecular flexibility index (Phi) is 4.65. The third-order valence-electron chi connectivity index (χ3n) is 3.30. The van der Waals surface area contributed by atoms with Gasteiger partial charge >= 0.3 is 6.09 Å². The van der Waals surface area contributed by atoms with Crippen molar-refractivity contribution in [2.24, 2.45) is 0 Å². The fraction of sp³-hybridized carbons (Fsp3) is 0.667. The molecule has 1 saturated heterocycles. The molecule has 1 unspecified atom stereocenters. The first-order valence-corrected chi connectivity index (χ1v) is 7.37. The van der Waals surface area contributed by atoms with E-state index in [-0.39, 0.29) is 12.1 Å². The number of nitrogens with zero attached hydrogens (tertiary/aromatic N) is 3. The fourth-order valence-corrected chi connectivity index (χ4v) is 2.47. The Morgan fingerprint density at radius 2 is 2.10 bits per heavy atom. The van der Waals surface area contributed by atoms with E-state index in [1.165, 1.54) is 0 Å². The number of aryl methyl sites for hydroxylation is 1. The third-order valence-corrected chi connectivity index (χ3v) is 3.30. The van der Waals surface area contributed by atoms with E-state index in [1.807, 2.05) is 27.7 Å². The molecule has 2 rings (SSSR count). The first-order valence-electron chi connectivity index (χ1n) is 7.37. The molecule has 0 aromatic carbocycles. The predicted molar refractivity (Wildman–Crippen MR) is 81.4 cm³/mol. The molecular formula is C15H24N4O2. The van der Waals surface area contributed by atoms with Crippen LogP contribution in [0.2, 0.25) is 0 Å². The molecule has 6 nitrogen and oxygen atoms in total. The molecule has 1 aliphatic rings. The van der Waals surface area contributed by atoms with Crippen molar-refractivity contribution in [3.63, 3.8) is 0 Å². The van der Waals surface area contributed by atoms with Gasteiger partial charge in [0.05, 0.1) is 5.69 Å². The van der Waals surface area contributed by atoms with Crippen molar-refractivity contribution in [3.05, 3.63) is 18.1 Å². The lowest BCUT2D eigenvalue weighted by atomic mass is 10.1. The summed E-state index contributed by atoms with van der Waals surface area (Å²) in [5.41, 5.74) is 0.440. The molecule has 1 N–H and O–H groups in total. The zero-order chi connectivity index (χ0) is 15.5. The lowest BCUT2D eigenvalue weighted by Gasteiger charge is -2.34. The number of carbonyl (C=O) groups is 1. The first-order chi connectivity index (χ1) is 9.85. The van der Waals surface area contributed by atoms with Crippen LogP contribution in [0.5, 0.6) is 0 Å². The molecule has 1 aromatic heterocycles. The molecule has 0 saturated carbocycles. The van der Waals surface area contributed by atoms with Crippen LogP contribution in [0.1, 0.15) is 39.3 Å². The fourth-order valence-electron chi connectivity index (χ4n) is 2.47. The number of hydrogen-bond donors (Lipinski definition) is 1. The summed E-state index contributed by atoms with van der Waals surface area (Å²) in [6.07, 6.45) is 5.00. The second kappa shape index (κ2) is 6.28. The van der Waals surface area contributed by atoms with Crippen LogP contribution in [-0.4, -0.2) is 40.8 Å². The van der Waals surface area contributed by atoms with E-state index in [4.69, 9.17) is 4.74 Å². The van der Waals surface area contributed by atoms with E-state index in [0.717, 1.165) is 37.4 Å². The van der Waals surface area contributed by atoms with Crippen LogP contribution < -0.4 is 10.2 Å². The topological polar surface area (TPSA) is 67.4 Å². The average molecular weight is 292 g/mol. The van der Waals surface area contributed by atoms with Gasteiger partial charge in [-0.15, -0.1) is 0 Å². The van der Waals surface area contributed by atoms with Crippen LogP contribution in [0.3, 0.4) is 0 Å². The Morgan fingerprint density at radius 3 is 2.76 bits per heavy atom. The van der Waals surface area contributed by atoms with Gasteiger partial charge < -0.3 is 15.0 Å². The molecule has 0 spiro atoms. The molecule has 1 atom stereocenters. The van der Waals surface area contributed by atoms with Crippen molar-refractivity contribution in [3.8, 4) is 0 Å². The van der Waals surface area contributed by atoms with Gasteiger partial charge in [0.25, 0.3) is 0 Å². The molecule has 21 heavy (non-hydrogen) atoms. The van der Waals surface area contributed by atoms with Crippen molar-refractivity contribution in [2.45, 2.75) is 52.2 Å². The highest BCUT2D eigenvalue weighted by Crippen LogP contribution is 2.20. The minimum atomic E-state index is -0.472. The largest absolute Gasteiger partial charge is 0.444 e. The molecule has 1 fully saturated rings. The van der Waals surface area contributed by atoms with Gasteiger partial charge in [-0.2, -0.15) is 0 Å². The molecule has 1 amide bonds. The summed E-state index contributed by atoms with van der Waals surface area (Å²) in [7, 11) is 0. The number of nitrogens with one attached hydrogen (secondary N) is 1. The number of anilines is 1. The van der Waals surface area contributed by atoms with E-state index >= 15 is 0 Å². The SMILES string of the molecule is Cc1nccnc1N1CCCC(NC(=O)OC(C)(C)C)C1. The summed E-state index contributed by atoms with van der Waals surface area (Å²) >= 11 is 0. The summed E-state index contributed by atoms with van der Waals surface area (Å²) < 4.78 is 5.31. The Hall–Kier alpha value is -1.85. The van der Waals surface area contributed by atoms with Gasteiger partial charge in [0.1, 0.15) is 11.4 Å². The highest BCUT2D eigenvalue weighted by Gasteiger charge is 2.25. The maximum absolute atomic E-state index is 11.9. The monoisotopic (exact) mass is 292 g/mol. The number of alkyl carbamates (subject to hydrolysis) is 1. The third kappa shape index (κ3) is 4.58. The maximum atomic E-state index is 11.9. The van der Waals surface area contributed by atoms with Crippen molar-refractivity contribution < 1.29 is 9.53 Å². The van der Waals surface area contributed by atoms with E-state index in [9.17, 15) is 4.79 Å². The molecule has 0 aliphatic carbocycles. The van der Waals surface area contributed by atoms with E-state index in [2.05, 4.69) is 20.2 Å². The normalized spacial score (nSPS) is 19.2. The summed E-state index contributed by atoms with van der Waals surface area (Å²) in [5.74, 6) is 0.896. The van der Waals surface area contributed by atoms with Crippen LogP contribution in [-0.2, 0) is 4.74 Å². The summed E-state index contributed by atoms with van der Waals surface area (Å²) in [5, 5.41) is 2.94. The quantitative estimate of drug-likeness (QED) is 0.905. The van der Waals surface area contributed by atoms with Crippen LogP contribution in [0, 0.1) is 6.92 Å². The number of amides is 1. The molecule has 116 valence electrons. The minimum Gasteiger partial charge on any atom is -0.444 e. The van der Waals surface area contributed by atoms with Crippen molar-refractivity contribution in [1.82, 2.24) is 15.3 Å². The molecular weight excluding hydrogens is 268 g/mol.